The Labute approximate surface area is 90.6 Å². The fraction of sp³-hybridized carbons (Fsp3) is 0.182. The van der Waals surface area contributed by atoms with Gasteiger partial charge in [0.15, 0.2) is 0 Å². The van der Waals surface area contributed by atoms with Crippen LogP contribution in [-0.2, 0) is 6.54 Å². The second-order valence-electron chi connectivity index (χ2n) is 3.37. The summed E-state index contributed by atoms with van der Waals surface area (Å²) in [4.78, 5) is 11.3. The molecule has 0 spiro atoms. The number of thiazole rings is 1. The Hall–Kier alpha value is -1.42. The molecule has 0 aliphatic carbocycles. The van der Waals surface area contributed by atoms with Crippen LogP contribution in [0.3, 0.4) is 0 Å². The van der Waals surface area contributed by atoms with Crippen molar-refractivity contribution in [1.29, 1.82) is 0 Å². The molecule has 4 heteroatoms. The number of hydrogen-bond donors (Lipinski definition) is 0. The molecule has 15 heavy (non-hydrogen) atoms. The van der Waals surface area contributed by atoms with Crippen LogP contribution in [0.5, 0.6) is 0 Å². The second-order valence-corrected chi connectivity index (χ2v) is 4.22. The average Bonchev–Trinajstić information content (AvgIpc) is 2.57. The second kappa shape index (κ2) is 3.98. The molecule has 0 saturated heterocycles. The molecule has 1 heterocycles. The molecule has 0 saturated carbocycles. The number of aryl methyl sites for hydroxylation is 1. The fourth-order valence-corrected chi connectivity index (χ4v) is 2.01. The van der Waals surface area contributed by atoms with Crippen LogP contribution in [0.15, 0.2) is 34.6 Å². The summed E-state index contributed by atoms with van der Waals surface area (Å²) in [5, 5.41) is 1.75. The van der Waals surface area contributed by atoms with Gasteiger partial charge >= 0.3 is 4.87 Å². The van der Waals surface area contributed by atoms with Crippen LogP contribution >= 0.6 is 11.3 Å². The summed E-state index contributed by atoms with van der Waals surface area (Å²) in [5.41, 5.74) is 1.84. The minimum Gasteiger partial charge on any atom is -0.302 e. The van der Waals surface area contributed by atoms with E-state index in [2.05, 4.69) is 0 Å². The Morgan fingerprint density at radius 2 is 2.27 bits per heavy atom. The molecule has 0 aliphatic rings. The van der Waals surface area contributed by atoms with Gasteiger partial charge in [-0.25, -0.2) is 4.39 Å². The predicted molar refractivity (Wildman–Crippen MR) is 58.8 cm³/mol. The van der Waals surface area contributed by atoms with Gasteiger partial charge in [-0.2, -0.15) is 0 Å². The molecular formula is C11H10FNOS. The van der Waals surface area contributed by atoms with Gasteiger partial charge in [0.05, 0.1) is 6.54 Å². The van der Waals surface area contributed by atoms with Crippen molar-refractivity contribution >= 4 is 11.3 Å². The van der Waals surface area contributed by atoms with Gasteiger partial charge in [-0.3, -0.25) is 4.79 Å². The fourth-order valence-electron chi connectivity index (χ4n) is 1.43. The molecule has 1 aromatic heterocycles. The summed E-state index contributed by atoms with van der Waals surface area (Å²) in [6.07, 6.45) is 1.75. The van der Waals surface area contributed by atoms with E-state index < -0.39 is 0 Å². The van der Waals surface area contributed by atoms with E-state index in [4.69, 9.17) is 0 Å². The van der Waals surface area contributed by atoms with Crippen molar-refractivity contribution in [2.45, 2.75) is 13.5 Å². The van der Waals surface area contributed by atoms with Gasteiger partial charge in [0.2, 0.25) is 0 Å². The Kier molecular flexibility index (Phi) is 2.68. The Bertz CT molecular complexity index is 529. The van der Waals surface area contributed by atoms with E-state index in [1.54, 1.807) is 22.2 Å². The van der Waals surface area contributed by atoms with E-state index in [9.17, 15) is 9.18 Å². The number of rotatable bonds is 2. The zero-order valence-corrected chi connectivity index (χ0v) is 9.05. The molecule has 78 valence electrons. The van der Waals surface area contributed by atoms with Crippen molar-refractivity contribution in [2.75, 3.05) is 0 Å². The first-order valence-electron chi connectivity index (χ1n) is 4.56. The van der Waals surface area contributed by atoms with Gasteiger partial charge in [0.1, 0.15) is 5.82 Å². The maximum Gasteiger partial charge on any atom is 0.307 e. The summed E-state index contributed by atoms with van der Waals surface area (Å²) in [5.74, 6) is -0.242. The predicted octanol–water partition coefficient (Wildman–Crippen LogP) is 2.41. The van der Waals surface area contributed by atoms with Gasteiger partial charge in [-0.1, -0.05) is 17.4 Å². The van der Waals surface area contributed by atoms with Crippen molar-refractivity contribution in [3.8, 4) is 0 Å². The SMILES string of the molecule is Cc1cc(F)ccc1Cn1ccsc1=O. The highest BCUT2D eigenvalue weighted by atomic mass is 32.1. The third kappa shape index (κ3) is 2.15. The third-order valence-electron chi connectivity index (χ3n) is 2.29. The van der Waals surface area contributed by atoms with Crippen molar-refractivity contribution in [1.82, 2.24) is 4.57 Å². The Morgan fingerprint density at radius 1 is 1.47 bits per heavy atom. The Balaban J connectivity index is 2.33. The summed E-state index contributed by atoms with van der Waals surface area (Å²) in [6, 6.07) is 4.61. The number of halogens is 1. The minimum atomic E-state index is -0.242. The van der Waals surface area contributed by atoms with Crippen molar-refractivity contribution < 1.29 is 4.39 Å². The first-order valence-corrected chi connectivity index (χ1v) is 5.44. The molecular weight excluding hydrogens is 213 g/mol. The third-order valence-corrected chi connectivity index (χ3v) is 2.98. The highest BCUT2D eigenvalue weighted by molar-refractivity contribution is 7.07. The molecule has 0 aliphatic heterocycles. The molecule has 0 unspecified atom stereocenters. The van der Waals surface area contributed by atoms with Crippen LogP contribution in [0.2, 0.25) is 0 Å². The van der Waals surface area contributed by atoms with Crippen LogP contribution < -0.4 is 4.87 Å². The monoisotopic (exact) mass is 223 g/mol. The average molecular weight is 223 g/mol. The zero-order valence-electron chi connectivity index (χ0n) is 8.24. The maximum atomic E-state index is 12.8. The molecule has 0 N–H and O–H groups in total. The van der Waals surface area contributed by atoms with E-state index in [0.717, 1.165) is 11.1 Å². The molecule has 0 atom stereocenters. The standard InChI is InChI=1S/C11H10FNOS/c1-8-6-10(12)3-2-9(8)7-13-4-5-15-11(13)14/h2-6H,7H2,1H3. The lowest BCUT2D eigenvalue weighted by Crippen LogP contribution is -2.13. The number of benzene rings is 1. The zero-order chi connectivity index (χ0) is 10.8. The van der Waals surface area contributed by atoms with Crippen LogP contribution in [0.25, 0.3) is 0 Å². The van der Waals surface area contributed by atoms with Gasteiger partial charge in [0.25, 0.3) is 0 Å². The molecule has 0 radical (unpaired) electrons. The molecule has 0 amide bonds. The van der Waals surface area contributed by atoms with Crippen LogP contribution in [0.4, 0.5) is 4.39 Å². The first kappa shape index (κ1) is 10.1. The molecule has 0 bridgehead atoms. The van der Waals surface area contributed by atoms with E-state index in [1.165, 1.54) is 23.5 Å². The van der Waals surface area contributed by atoms with Gasteiger partial charge in [-0.15, -0.1) is 0 Å². The first-order chi connectivity index (χ1) is 7.16. The lowest BCUT2D eigenvalue weighted by molar-refractivity contribution is 0.624. The topological polar surface area (TPSA) is 22.0 Å². The van der Waals surface area contributed by atoms with Gasteiger partial charge < -0.3 is 4.57 Å². The quantitative estimate of drug-likeness (QED) is 0.766. The normalized spacial score (nSPS) is 10.5. The van der Waals surface area contributed by atoms with E-state index in [-0.39, 0.29) is 10.7 Å². The highest BCUT2D eigenvalue weighted by Gasteiger charge is 2.02. The summed E-state index contributed by atoms with van der Waals surface area (Å²) < 4.78 is 14.5. The van der Waals surface area contributed by atoms with Crippen molar-refractivity contribution in [3.63, 3.8) is 0 Å². The van der Waals surface area contributed by atoms with E-state index in [1.807, 2.05) is 6.92 Å². The number of aromatic nitrogens is 1. The van der Waals surface area contributed by atoms with Crippen molar-refractivity contribution in [2.24, 2.45) is 0 Å². The van der Waals surface area contributed by atoms with Crippen LogP contribution in [0, 0.1) is 12.7 Å². The smallest absolute Gasteiger partial charge is 0.302 e. The lowest BCUT2D eigenvalue weighted by Gasteiger charge is -2.05. The Morgan fingerprint density at radius 3 is 2.87 bits per heavy atom. The van der Waals surface area contributed by atoms with E-state index >= 15 is 0 Å². The lowest BCUT2D eigenvalue weighted by atomic mass is 10.1. The van der Waals surface area contributed by atoms with E-state index in [0.29, 0.717) is 6.54 Å². The summed E-state index contributed by atoms with van der Waals surface area (Å²) in [7, 11) is 0. The van der Waals surface area contributed by atoms with Crippen LogP contribution in [-0.4, -0.2) is 4.57 Å². The number of nitrogens with zero attached hydrogens (tertiary/aromatic N) is 1. The van der Waals surface area contributed by atoms with Gasteiger partial charge in [0, 0.05) is 11.6 Å². The number of hydrogen-bond acceptors (Lipinski definition) is 2. The molecule has 1 aromatic carbocycles. The molecule has 2 aromatic rings. The summed E-state index contributed by atoms with van der Waals surface area (Å²) in [6.45, 7) is 2.35. The largest absolute Gasteiger partial charge is 0.307 e. The maximum absolute atomic E-state index is 12.8. The molecule has 0 fully saturated rings. The highest BCUT2D eigenvalue weighted by Crippen LogP contribution is 2.11. The molecule has 2 rings (SSSR count). The summed E-state index contributed by atoms with van der Waals surface area (Å²) >= 11 is 1.17. The van der Waals surface area contributed by atoms with Gasteiger partial charge in [-0.05, 0) is 30.2 Å². The minimum absolute atomic E-state index is 0.0127. The van der Waals surface area contributed by atoms with Crippen molar-refractivity contribution in [3.05, 3.63) is 56.4 Å². The molecule has 2 nitrogen and oxygen atoms in total. The van der Waals surface area contributed by atoms with Crippen LogP contribution in [0.1, 0.15) is 11.1 Å².